The number of phenolic OH excluding ortho intramolecular Hbond substituents is 1. The van der Waals surface area contributed by atoms with Crippen LogP contribution in [0.2, 0.25) is 0 Å². The number of aromatic hydroxyl groups is 1. The number of nitrogens with zero attached hydrogens (tertiary/aromatic N) is 2. The lowest BCUT2D eigenvalue weighted by molar-refractivity contribution is 0.423. The molecule has 0 bridgehead atoms. The largest absolute Gasteiger partial charge is 0.507 e. The maximum Gasteiger partial charge on any atom is 0.140 e. The molecule has 3 N–H and O–H groups in total. The Bertz CT molecular complexity index is 1340. The Balaban J connectivity index is 1.51. The second-order valence-electron chi connectivity index (χ2n) is 11.4. The quantitative estimate of drug-likeness (QED) is 0.173. The number of benzene rings is 2. The molecule has 0 aliphatic rings. The second-order valence-corrected chi connectivity index (χ2v) is 13.3. The monoisotopic (exact) mass is 532 g/mol. The number of anilines is 2. The maximum atomic E-state index is 11.1. The normalized spacial score (nSPS) is 12.0. The molecule has 0 spiro atoms. The minimum atomic E-state index is -0.178. The maximum absolute atomic E-state index is 11.1. The van der Waals surface area contributed by atoms with E-state index in [1.165, 1.54) is 0 Å². The minimum absolute atomic E-state index is 0.178. The summed E-state index contributed by atoms with van der Waals surface area (Å²) >= 11 is 3.20. The molecule has 0 saturated heterocycles. The molecule has 37 heavy (non-hydrogen) atoms. The van der Waals surface area contributed by atoms with E-state index in [-0.39, 0.29) is 10.8 Å². The fourth-order valence-electron chi connectivity index (χ4n) is 4.16. The van der Waals surface area contributed by atoms with E-state index in [2.05, 4.69) is 88.5 Å². The van der Waals surface area contributed by atoms with Crippen molar-refractivity contribution in [3.63, 3.8) is 0 Å². The summed E-state index contributed by atoms with van der Waals surface area (Å²) in [4.78, 5) is 8.05. The smallest absolute Gasteiger partial charge is 0.140 e. The SMILES string of the molecule is CN(Cc1nc(-c2cc(C(C)(C)C)c(O)c(C(C)(C)C)c2)cs1)c1ccc(NC(=N)c2cccs2)cc1. The molecule has 2 aromatic carbocycles. The molecule has 194 valence electrons. The Morgan fingerprint density at radius 2 is 1.59 bits per heavy atom. The summed E-state index contributed by atoms with van der Waals surface area (Å²) in [6.07, 6.45) is 0. The molecular formula is C30H36N4OS2. The van der Waals surface area contributed by atoms with Crippen LogP contribution in [0.15, 0.2) is 59.3 Å². The standard InChI is InChI=1S/C30H36N4OS2/c1-29(2,3)22-15-19(16-23(27(22)35)30(4,5)6)24-18-37-26(33-24)17-34(7)21-12-10-20(11-13-21)32-28(31)25-9-8-14-36-25/h8-16,18,35H,17H2,1-7H3,(H2,31,32). The highest BCUT2D eigenvalue weighted by Gasteiger charge is 2.27. The van der Waals surface area contributed by atoms with Gasteiger partial charge in [0, 0.05) is 40.5 Å². The third kappa shape index (κ3) is 6.22. The Labute approximate surface area is 228 Å². The topological polar surface area (TPSA) is 72.2 Å². The van der Waals surface area contributed by atoms with Crippen molar-refractivity contribution in [3.8, 4) is 17.0 Å². The number of thiophene rings is 1. The predicted molar refractivity (Wildman–Crippen MR) is 160 cm³/mol. The number of hydrogen-bond acceptors (Lipinski definition) is 6. The highest BCUT2D eigenvalue weighted by atomic mass is 32.1. The molecule has 0 aliphatic heterocycles. The molecule has 7 heteroatoms. The number of thiazole rings is 1. The van der Waals surface area contributed by atoms with Gasteiger partial charge in [-0.1, -0.05) is 47.6 Å². The number of hydrogen-bond donors (Lipinski definition) is 3. The summed E-state index contributed by atoms with van der Waals surface area (Å²) in [6, 6.07) is 16.2. The van der Waals surface area contributed by atoms with Gasteiger partial charge in [-0.15, -0.1) is 22.7 Å². The van der Waals surface area contributed by atoms with Crippen LogP contribution in [-0.2, 0) is 17.4 Å². The van der Waals surface area contributed by atoms with Gasteiger partial charge in [-0.05, 0) is 58.7 Å². The predicted octanol–water partition coefficient (Wildman–Crippen LogP) is 8.25. The van der Waals surface area contributed by atoms with Gasteiger partial charge in [-0.3, -0.25) is 5.41 Å². The van der Waals surface area contributed by atoms with Crippen LogP contribution in [0.4, 0.5) is 11.4 Å². The van der Waals surface area contributed by atoms with Crippen LogP contribution in [-0.4, -0.2) is 23.0 Å². The van der Waals surface area contributed by atoms with Crippen molar-refractivity contribution in [2.45, 2.75) is 58.9 Å². The van der Waals surface area contributed by atoms with Gasteiger partial charge in [0.25, 0.3) is 0 Å². The summed E-state index contributed by atoms with van der Waals surface area (Å²) in [5.41, 5.74) is 5.50. The zero-order valence-electron chi connectivity index (χ0n) is 22.6. The molecule has 2 heterocycles. The van der Waals surface area contributed by atoms with Crippen molar-refractivity contribution < 1.29 is 5.11 Å². The van der Waals surface area contributed by atoms with Crippen LogP contribution in [0, 0.1) is 5.41 Å². The Morgan fingerprint density at radius 1 is 0.973 bits per heavy atom. The summed E-state index contributed by atoms with van der Waals surface area (Å²) in [7, 11) is 2.06. The lowest BCUT2D eigenvalue weighted by atomic mass is 9.78. The zero-order chi connectivity index (χ0) is 27.0. The van der Waals surface area contributed by atoms with Crippen molar-refractivity contribution in [1.82, 2.24) is 4.98 Å². The molecule has 0 unspecified atom stereocenters. The second kappa shape index (κ2) is 10.3. The number of rotatable bonds is 6. The first-order valence-electron chi connectivity index (χ1n) is 12.4. The van der Waals surface area contributed by atoms with Crippen LogP contribution in [0.1, 0.15) is 62.6 Å². The summed E-state index contributed by atoms with van der Waals surface area (Å²) in [5.74, 6) is 0.798. The Morgan fingerprint density at radius 3 is 2.14 bits per heavy atom. The first-order valence-corrected chi connectivity index (χ1v) is 14.1. The van der Waals surface area contributed by atoms with Gasteiger partial charge >= 0.3 is 0 Å². The van der Waals surface area contributed by atoms with E-state index in [1.54, 1.807) is 22.7 Å². The fraction of sp³-hybridized carbons (Fsp3) is 0.333. The number of aromatic nitrogens is 1. The van der Waals surface area contributed by atoms with Gasteiger partial charge < -0.3 is 15.3 Å². The first kappa shape index (κ1) is 26.9. The zero-order valence-corrected chi connectivity index (χ0v) is 24.3. The van der Waals surface area contributed by atoms with Crippen molar-refractivity contribution in [2.75, 3.05) is 17.3 Å². The number of amidine groups is 1. The minimum Gasteiger partial charge on any atom is -0.507 e. The molecule has 0 radical (unpaired) electrons. The number of phenols is 1. The van der Waals surface area contributed by atoms with Crippen molar-refractivity contribution in [3.05, 3.63) is 80.3 Å². The highest BCUT2D eigenvalue weighted by Crippen LogP contribution is 2.42. The molecule has 4 rings (SSSR count). The van der Waals surface area contributed by atoms with E-state index in [9.17, 15) is 5.11 Å². The molecule has 0 aliphatic carbocycles. The van der Waals surface area contributed by atoms with Crippen LogP contribution < -0.4 is 10.2 Å². The van der Waals surface area contributed by atoms with Crippen LogP contribution in [0.25, 0.3) is 11.3 Å². The van der Waals surface area contributed by atoms with Gasteiger partial charge in [0.05, 0.1) is 17.1 Å². The third-order valence-corrected chi connectivity index (χ3v) is 8.01. The molecule has 0 amide bonds. The van der Waals surface area contributed by atoms with Gasteiger partial charge in [-0.25, -0.2) is 4.98 Å². The van der Waals surface area contributed by atoms with Gasteiger partial charge in [0.15, 0.2) is 0 Å². The van der Waals surface area contributed by atoms with Crippen molar-refractivity contribution in [1.29, 1.82) is 5.41 Å². The van der Waals surface area contributed by atoms with Crippen LogP contribution in [0.5, 0.6) is 5.75 Å². The highest BCUT2D eigenvalue weighted by molar-refractivity contribution is 7.12. The fourth-order valence-corrected chi connectivity index (χ4v) is 5.65. The average Bonchev–Trinajstić information content (AvgIpc) is 3.51. The molecule has 5 nitrogen and oxygen atoms in total. The van der Waals surface area contributed by atoms with Gasteiger partial charge in [-0.2, -0.15) is 0 Å². The molecular weight excluding hydrogens is 496 g/mol. The summed E-state index contributed by atoms with van der Waals surface area (Å²) in [5, 5.41) is 27.6. The summed E-state index contributed by atoms with van der Waals surface area (Å²) in [6.45, 7) is 13.5. The van der Waals surface area contributed by atoms with Crippen molar-refractivity contribution in [2.24, 2.45) is 0 Å². The molecule has 0 atom stereocenters. The van der Waals surface area contributed by atoms with Gasteiger partial charge in [0.1, 0.15) is 16.6 Å². The van der Waals surface area contributed by atoms with Crippen molar-refractivity contribution >= 4 is 39.9 Å². The van der Waals surface area contributed by atoms with E-state index >= 15 is 0 Å². The van der Waals surface area contributed by atoms with E-state index in [4.69, 9.17) is 10.4 Å². The average molecular weight is 533 g/mol. The van der Waals surface area contributed by atoms with E-state index in [0.29, 0.717) is 18.1 Å². The molecule has 0 fully saturated rings. The lowest BCUT2D eigenvalue weighted by Crippen LogP contribution is -2.17. The molecule has 4 aromatic rings. The first-order chi connectivity index (χ1) is 17.3. The Hall–Kier alpha value is -3.16. The Kier molecular flexibility index (Phi) is 7.49. The van der Waals surface area contributed by atoms with E-state index < -0.39 is 0 Å². The summed E-state index contributed by atoms with van der Waals surface area (Å²) < 4.78 is 0. The molecule has 0 saturated carbocycles. The third-order valence-electron chi connectivity index (χ3n) is 6.29. The lowest BCUT2D eigenvalue weighted by Gasteiger charge is -2.28. The van der Waals surface area contributed by atoms with Gasteiger partial charge in [0.2, 0.25) is 0 Å². The molecule has 2 aromatic heterocycles. The van der Waals surface area contributed by atoms with Crippen LogP contribution >= 0.6 is 22.7 Å². The van der Waals surface area contributed by atoms with Crippen LogP contribution in [0.3, 0.4) is 0 Å². The van der Waals surface area contributed by atoms with E-state index in [1.807, 2.05) is 29.6 Å². The van der Waals surface area contributed by atoms with E-state index in [0.717, 1.165) is 43.6 Å². The number of nitrogens with one attached hydrogen (secondary N) is 2.